The molecule has 20 heavy (non-hydrogen) atoms. The molecule has 1 heterocycles. The van der Waals surface area contributed by atoms with Gasteiger partial charge in [-0.2, -0.15) is 0 Å². The van der Waals surface area contributed by atoms with Crippen molar-refractivity contribution >= 4 is 10.0 Å². The van der Waals surface area contributed by atoms with E-state index in [2.05, 4.69) is 5.32 Å². The van der Waals surface area contributed by atoms with E-state index >= 15 is 0 Å². The Morgan fingerprint density at radius 3 is 2.40 bits per heavy atom. The third-order valence-electron chi connectivity index (χ3n) is 4.03. The highest BCUT2D eigenvalue weighted by molar-refractivity contribution is 7.89. The van der Waals surface area contributed by atoms with Crippen molar-refractivity contribution in [1.29, 1.82) is 0 Å². The van der Waals surface area contributed by atoms with Gasteiger partial charge in [-0.25, -0.2) is 12.7 Å². The van der Waals surface area contributed by atoms with Gasteiger partial charge < -0.3 is 10.1 Å². The number of sulfonamides is 1. The number of rotatable bonds is 8. The lowest BCUT2D eigenvalue weighted by Gasteiger charge is -2.31. The van der Waals surface area contributed by atoms with Crippen LogP contribution in [0.5, 0.6) is 0 Å². The number of ether oxygens (including phenoxy) is 1. The first-order valence-electron chi connectivity index (χ1n) is 7.80. The second-order valence-corrected chi connectivity index (χ2v) is 8.35. The molecule has 0 unspecified atom stereocenters. The molecular weight excluding hydrogens is 276 g/mol. The van der Waals surface area contributed by atoms with Crippen LogP contribution in [-0.4, -0.2) is 56.9 Å². The van der Waals surface area contributed by atoms with Crippen LogP contribution >= 0.6 is 0 Å². The number of hydrogen-bond acceptors (Lipinski definition) is 4. The first kappa shape index (κ1) is 16.2. The number of piperidine rings is 1. The molecule has 6 heteroatoms. The van der Waals surface area contributed by atoms with Crippen LogP contribution in [-0.2, 0) is 14.8 Å². The lowest BCUT2D eigenvalue weighted by Crippen LogP contribution is -2.46. The Morgan fingerprint density at radius 2 is 1.85 bits per heavy atom. The predicted molar refractivity (Wildman–Crippen MR) is 80.2 cm³/mol. The summed E-state index contributed by atoms with van der Waals surface area (Å²) in [4.78, 5) is 0. The van der Waals surface area contributed by atoms with Crippen molar-refractivity contribution in [2.45, 2.75) is 51.7 Å². The average molecular weight is 304 g/mol. The van der Waals surface area contributed by atoms with E-state index in [0.717, 1.165) is 25.3 Å². The minimum absolute atomic E-state index is 0.0857. The molecule has 118 valence electrons. The molecule has 0 amide bonds. The lowest BCUT2D eigenvalue weighted by atomic mass is 10.1. The van der Waals surface area contributed by atoms with Gasteiger partial charge in [0.05, 0.1) is 18.5 Å². The van der Waals surface area contributed by atoms with E-state index in [4.69, 9.17) is 4.74 Å². The first-order valence-corrected chi connectivity index (χ1v) is 9.41. The summed E-state index contributed by atoms with van der Waals surface area (Å²) in [6.45, 7) is 6.53. The summed E-state index contributed by atoms with van der Waals surface area (Å²) in [6.07, 6.45) is 4.66. The maximum Gasteiger partial charge on any atom is 0.216 e. The third-order valence-corrected chi connectivity index (χ3v) is 5.87. The van der Waals surface area contributed by atoms with Gasteiger partial charge in [0, 0.05) is 19.1 Å². The predicted octanol–water partition coefficient (Wildman–Crippen LogP) is 1.21. The molecule has 0 aromatic rings. The van der Waals surface area contributed by atoms with Gasteiger partial charge >= 0.3 is 0 Å². The van der Waals surface area contributed by atoms with Crippen LogP contribution in [0.25, 0.3) is 0 Å². The Kier molecular flexibility index (Phi) is 5.84. The molecule has 0 radical (unpaired) electrons. The Balaban J connectivity index is 1.68. The van der Waals surface area contributed by atoms with Crippen molar-refractivity contribution in [3.63, 3.8) is 0 Å². The fourth-order valence-electron chi connectivity index (χ4n) is 2.51. The second kappa shape index (κ2) is 7.20. The van der Waals surface area contributed by atoms with Crippen LogP contribution in [0.4, 0.5) is 0 Å². The average Bonchev–Trinajstić information content (AvgIpc) is 3.20. The summed E-state index contributed by atoms with van der Waals surface area (Å²) < 4.78 is 31.3. The molecule has 0 aromatic carbocycles. The van der Waals surface area contributed by atoms with Crippen molar-refractivity contribution in [1.82, 2.24) is 9.62 Å². The minimum Gasteiger partial charge on any atom is -0.378 e. The van der Waals surface area contributed by atoms with Gasteiger partial charge in [0.1, 0.15) is 0 Å². The van der Waals surface area contributed by atoms with E-state index in [1.165, 1.54) is 12.8 Å². The topological polar surface area (TPSA) is 58.6 Å². The number of nitrogens with zero attached hydrogens (tertiary/aromatic N) is 1. The van der Waals surface area contributed by atoms with E-state index in [0.29, 0.717) is 25.7 Å². The second-order valence-electron chi connectivity index (χ2n) is 6.26. The van der Waals surface area contributed by atoms with E-state index in [-0.39, 0.29) is 11.9 Å². The van der Waals surface area contributed by atoms with Crippen LogP contribution in [0.15, 0.2) is 0 Å². The van der Waals surface area contributed by atoms with Crippen molar-refractivity contribution in [3.8, 4) is 0 Å². The summed E-state index contributed by atoms with van der Waals surface area (Å²) in [6, 6.07) is 0.494. The van der Waals surface area contributed by atoms with E-state index < -0.39 is 10.0 Å². The highest BCUT2D eigenvalue weighted by Gasteiger charge is 2.29. The zero-order valence-corrected chi connectivity index (χ0v) is 13.5. The first-order chi connectivity index (χ1) is 9.47. The van der Waals surface area contributed by atoms with Crippen LogP contribution in [0.2, 0.25) is 0 Å². The summed E-state index contributed by atoms with van der Waals surface area (Å²) in [5.74, 6) is 0.982. The molecular formula is C14H28N2O3S. The minimum atomic E-state index is -3.14. The van der Waals surface area contributed by atoms with Crippen molar-refractivity contribution in [3.05, 3.63) is 0 Å². The maximum absolute atomic E-state index is 12.2. The standard InChI is InChI=1S/C14H28N2O3S/c1-12(2)19-9-10-20(17,18)16-7-5-14(6-8-16)15-11-13-3-4-13/h12-15H,3-11H2,1-2H3. The molecule has 0 spiro atoms. The zero-order chi connectivity index (χ0) is 14.6. The fourth-order valence-corrected chi connectivity index (χ4v) is 3.84. The normalized spacial score (nSPS) is 22.6. The van der Waals surface area contributed by atoms with Crippen LogP contribution in [0.3, 0.4) is 0 Å². The van der Waals surface area contributed by atoms with Crippen LogP contribution in [0, 0.1) is 5.92 Å². The monoisotopic (exact) mass is 304 g/mol. The van der Waals surface area contributed by atoms with E-state index in [9.17, 15) is 8.42 Å². The number of hydrogen-bond donors (Lipinski definition) is 1. The third kappa shape index (κ3) is 5.31. The molecule has 2 fully saturated rings. The quantitative estimate of drug-likeness (QED) is 0.732. The Labute approximate surface area is 123 Å². The van der Waals surface area contributed by atoms with Gasteiger partial charge in [-0.15, -0.1) is 0 Å². The zero-order valence-electron chi connectivity index (χ0n) is 12.7. The van der Waals surface area contributed by atoms with Gasteiger partial charge in [0.15, 0.2) is 0 Å². The van der Waals surface area contributed by atoms with Gasteiger partial charge in [0.25, 0.3) is 0 Å². The van der Waals surface area contributed by atoms with E-state index in [1.54, 1.807) is 4.31 Å². The summed E-state index contributed by atoms with van der Waals surface area (Å²) in [7, 11) is -3.14. The molecule has 5 nitrogen and oxygen atoms in total. The number of nitrogens with one attached hydrogen (secondary N) is 1. The summed E-state index contributed by atoms with van der Waals surface area (Å²) in [5.41, 5.74) is 0. The lowest BCUT2D eigenvalue weighted by molar-refractivity contribution is 0.0905. The smallest absolute Gasteiger partial charge is 0.216 e. The molecule has 0 bridgehead atoms. The molecule has 1 aliphatic heterocycles. The van der Waals surface area contributed by atoms with Gasteiger partial charge in [-0.3, -0.25) is 0 Å². The van der Waals surface area contributed by atoms with Crippen molar-refractivity contribution in [2.75, 3.05) is 32.0 Å². The van der Waals surface area contributed by atoms with E-state index in [1.807, 2.05) is 13.8 Å². The van der Waals surface area contributed by atoms with Crippen LogP contribution < -0.4 is 5.32 Å². The fraction of sp³-hybridized carbons (Fsp3) is 1.00. The SMILES string of the molecule is CC(C)OCCS(=O)(=O)N1CCC(NCC2CC2)CC1. The Hall–Kier alpha value is -0.170. The van der Waals surface area contributed by atoms with Crippen LogP contribution in [0.1, 0.15) is 39.5 Å². The molecule has 1 N–H and O–H groups in total. The summed E-state index contributed by atoms with van der Waals surface area (Å²) >= 11 is 0. The summed E-state index contributed by atoms with van der Waals surface area (Å²) in [5, 5.41) is 3.57. The molecule has 0 atom stereocenters. The molecule has 2 rings (SSSR count). The highest BCUT2D eigenvalue weighted by Crippen LogP contribution is 2.28. The largest absolute Gasteiger partial charge is 0.378 e. The Bertz CT molecular complexity index is 385. The molecule has 2 aliphatic rings. The highest BCUT2D eigenvalue weighted by atomic mass is 32.2. The molecule has 1 saturated carbocycles. The van der Waals surface area contributed by atoms with Gasteiger partial charge in [-0.1, -0.05) is 0 Å². The van der Waals surface area contributed by atoms with Gasteiger partial charge in [-0.05, 0) is 52.0 Å². The van der Waals surface area contributed by atoms with Gasteiger partial charge in [0.2, 0.25) is 10.0 Å². The molecule has 1 aliphatic carbocycles. The Morgan fingerprint density at radius 1 is 1.20 bits per heavy atom. The molecule has 1 saturated heterocycles. The van der Waals surface area contributed by atoms with Crippen molar-refractivity contribution < 1.29 is 13.2 Å². The molecule has 0 aromatic heterocycles. The van der Waals surface area contributed by atoms with Crippen molar-refractivity contribution in [2.24, 2.45) is 5.92 Å². The maximum atomic E-state index is 12.2.